The molecular weight excluding hydrogens is 304 g/mol. The van der Waals surface area contributed by atoms with Gasteiger partial charge in [-0.05, 0) is 26.3 Å². The number of rotatable bonds is 7. The number of carbonyl (C=O) groups is 2. The van der Waals surface area contributed by atoms with Gasteiger partial charge in [0.15, 0.2) is 0 Å². The van der Waals surface area contributed by atoms with Crippen molar-refractivity contribution in [2.75, 3.05) is 0 Å². The highest BCUT2D eigenvalue weighted by Gasteiger charge is 2.28. The summed E-state index contributed by atoms with van der Waals surface area (Å²) < 4.78 is 7.35. The largest absolute Gasteiger partial charge is 0.454 e. The molecule has 0 N–H and O–H groups in total. The third kappa shape index (κ3) is 4.31. The Morgan fingerprint density at radius 1 is 1.25 bits per heavy atom. The van der Waals surface area contributed by atoms with Gasteiger partial charge in [0.25, 0.3) is 0 Å². The Bertz CT molecular complexity index is 704. The van der Waals surface area contributed by atoms with Gasteiger partial charge in [0.2, 0.25) is 0 Å². The number of aromatic nitrogens is 2. The Labute approximate surface area is 142 Å². The molecule has 0 saturated heterocycles. The number of ether oxygens (including phenoxy) is 1. The quantitative estimate of drug-likeness (QED) is 0.725. The minimum absolute atomic E-state index is 0.0448. The minimum atomic E-state index is -0.838. The molecule has 0 spiro atoms. The second kappa shape index (κ2) is 7.43. The summed E-state index contributed by atoms with van der Waals surface area (Å²) in [5.74, 6) is -0.400. The Balaban J connectivity index is 2.17. The van der Waals surface area contributed by atoms with Gasteiger partial charge < -0.3 is 9.30 Å². The maximum absolute atomic E-state index is 12.6. The van der Waals surface area contributed by atoms with Gasteiger partial charge in [-0.2, -0.15) is 0 Å². The van der Waals surface area contributed by atoms with E-state index in [0.717, 1.165) is 5.56 Å². The number of hydrogen-bond donors (Lipinski definition) is 0. The van der Waals surface area contributed by atoms with Gasteiger partial charge in [-0.3, -0.25) is 4.79 Å². The fraction of sp³-hybridized carbons (Fsp3) is 0.421. The van der Waals surface area contributed by atoms with Crippen LogP contribution in [0.2, 0.25) is 0 Å². The van der Waals surface area contributed by atoms with Gasteiger partial charge in [0.1, 0.15) is 17.1 Å². The molecule has 2 aromatic rings. The third-order valence-electron chi connectivity index (χ3n) is 3.96. The van der Waals surface area contributed by atoms with Gasteiger partial charge >= 0.3 is 5.97 Å². The molecule has 0 fully saturated rings. The maximum atomic E-state index is 12.6. The van der Waals surface area contributed by atoms with Crippen LogP contribution < -0.4 is 0 Å². The van der Waals surface area contributed by atoms with Gasteiger partial charge in [-0.15, -0.1) is 0 Å². The first-order valence-corrected chi connectivity index (χ1v) is 8.16. The molecule has 0 unspecified atom stereocenters. The zero-order valence-electron chi connectivity index (χ0n) is 14.7. The molecule has 0 radical (unpaired) electrons. The summed E-state index contributed by atoms with van der Waals surface area (Å²) in [4.78, 5) is 28.3. The van der Waals surface area contributed by atoms with Crippen LogP contribution >= 0.6 is 0 Å². The van der Waals surface area contributed by atoms with E-state index in [1.54, 1.807) is 31.7 Å². The summed E-state index contributed by atoms with van der Waals surface area (Å²) in [6, 6.07) is 9.83. The number of benzene rings is 1. The number of ketones is 1. The zero-order chi connectivity index (χ0) is 17.7. The number of imidazole rings is 1. The van der Waals surface area contributed by atoms with Gasteiger partial charge in [0, 0.05) is 12.8 Å². The molecule has 5 heteroatoms. The van der Waals surface area contributed by atoms with E-state index in [2.05, 4.69) is 4.98 Å². The van der Waals surface area contributed by atoms with Crippen LogP contribution in [0, 0.1) is 0 Å². The molecule has 0 aliphatic heterocycles. The second-order valence-corrected chi connectivity index (χ2v) is 6.49. The third-order valence-corrected chi connectivity index (χ3v) is 3.96. The van der Waals surface area contributed by atoms with Crippen LogP contribution in [0.1, 0.15) is 62.6 Å². The van der Waals surface area contributed by atoms with Crippen molar-refractivity contribution in [3.05, 3.63) is 54.1 Å². The molecule has 128 valence electrons. The van der Waals surface area contributed by atoms with Crippen molar-refractivity contribution in [1.82, 2.24) is 9.55 Å². The second-order valence-electron chi connectivity index (χ2n) is 6.49. The van der Waals surface area contributed by atoms with E-state index in [1.807, 2.05) is 37.3 Å². The Morgan fingerprint density at radius 2 is 1.92 bits per heavy atom. The lowest BCUT2D eigenvalue weighted by atomic mass is 10.0. The van der Waals surface area contributed by atoms with Crippen molar-refractivity contribution in [1.29, 1.82) is 0 Å². The lowest BCUT2D eigenvalue weighted by Crippen LogP contribution is -2.32. The number of hydrogen-bond acceptors (Lipinski definition) is 4. The Kier molecular flexibility index (Phi) is 5.54. The summed E-state index contributed by atoms with van der Waals surface area (Å²) in [6.45, 7) is 7.30. The highest BCUT2D eigenvalue weighted by molar-refractivity contribution is 5.88. The van der Waals surface area contributed by atoms with Crippen LogP contribution in [0.5, 0.6) is 0 Å². The van der Waals surface area contributed by atoms with Crippen molar-refractivity contribution in [3.8, 4) is 0 Å². The van der Waals surface area contributed by atoms with E-state index < -0.39 is 11.6 Å². The van der Waals surface area contributed by atoms with Crippen molar-refractivity contribution in [2.24, 2.45) is 0 Å². The molecule has 2 rings (SSSR count). The topological polar surface area (TPSA) is 61.2 Å². The van der Waals surface area contributed by atoms with Gasteiger partial charge in [0.05, 0.1) is 18.6 Å². The molecule has 5 nitrogen and oxygen atoms in total. The molecule has 24 heavy (non-hydrogen) atoms. The fourth-order valence-electron chi connectivity index (χ4n) is 2.60. The molecule has 0 saturated carbocycles. The van der Waals surface area contributed by atoms with Gasteiger partial charge in [-0.25, -0.2) is 9.78 Å². The highest BCUT2D eigenvalue weighted by Crippen LogP contribution is 2.22. The zero-order valence-corrected chi connectivity index (χ0v) is 14.7. The first-order chi connectivity index (χ1) is 11.3. The first-order valence-electron chi connectivity index (χ1n) is 8.16. The molecule has 0 bridgehead atoms. The van der Waals surface area contributed by atoms with Crippen LogP contribution in [-0.2, 0) is 9.53 Å². The van der Waals surface area contributed by atoms with E-state index in [-0.39, 0.29) is 18.2 Å². The van der Waals surface area contributed by atoms with E-state index in [1.165, 1.54) is 6.20 Å². The molecular formula is C19H24N2O3. The van der Waals surface area contributed by atoms with E-state index in [4.69, 9.17) is 4.74 Å². The van der Waals surface area contributed by atoms with Crippen molar-refractivity contribution < 1.29 is 14.3 Å². The van der Waals surface area contributed by atoms with E-state index >= 15 is 0 Å². The Morgan fingerprint density at radius 3 is 2.54 bits per heavy atom. The number of nitrogens with zero attached hydrogens (tertiary/aromatic N) is 2. The minimum Gasteiger partial charge on any atom is -0.454 e. The molecule has 1 atom stereocenters. The van der Waals surface area contributed by atoms with Crippen LogP contribution in [-0.4, -0.2) is 26.9 Å². The van der Waals surface area contributed by atoms with Crippen LogP contribution in [0.25, 0.3) is 0 Å². The summed E-state index contributed by atoms with van der Waals surface area (Å²) in [6.07, 6.45) is 3.76. The predicted molar refractivity (Wildman–Crippen MR) is 91.9 cm³/mol. The molecule has 1 aromatic carbocycles. The summed E-state index contributed by atoms with van der Waals surface area (Å²) in [5, 5.41) is 0. The standard InChI is InChI=1S/C19H24N2O3/c1-5-16(22)11-19(3,4)24-18(23)17-12-20-13-21(17)14(2)15-9-7-6-8-10-15/h6-10,12-14H,5,11H2,1-4H3/t14-/m1/s1. The first kappa shape index (κ1) is 17.9. The molecule has 1 aromatic heterocycles. The molecule has 1 heterocycles. The van der Waals surface area contributed by atoms with Crippen molar-refractivity contribution in [2.45, 2.75) is 52.2 Å². The van der Waals surface area contributed by atoms with Crippen molar-refractivity contribution in [3.63, 3.8) is 0 Å². The fourth-order valence-corrected chi connectivity index (χ4v) is 2.60. The van der Waals surface area contributed by atoms with Gasteiger partial charge in [-0.1, -0.05) is 37.3 Å². The molecule has 0 amide bonds. The average molecular weight is 328 g/mol. The van der Waals surface area contributed by atoms with E-state index in [0.29, 0.717) is 12.1 Å². The summed E-state index contributed by atoms with van der Waals surface area (Å²) in [7, 11) is 0. The highest BCUT2D eigenvalue weighted by atomic mass is 16.6. The maximum Gasteiger partial charge on any atom is 0.357 e. The molecule has 0 aliphatic carbocycles. The number of carbonyl (C=O) groups excluding carboxylic acids is 2. The van der Waals surface area contributed by atoms with Crippen molar-refractivity contribution >= 4 is 11.8 Å². The molecule has 0 aliphatic rings. The summed E-state index contributed by atoms with van der Waals surface area (Å²) in [5.41, 5.74) is 0.614. The number of esters is 1. The predicted octanol–water partition coefficient (Wildman–Crippen LogP) is 3.80. The number of Topliss-reactive ketones (excluding diaryl/α,β-unsaturated/α-hetero) is 1. The van der Waals surface area contributed by atoms with Crippen LogP contribution in [0.15, 0.2) is 42.9 Å². The lowest BCUT2D eigenvalue weighted by molar-refractivity contribution is -0.122. The summed E-state index contributed by atoms with van der Waals surface area (Å²) >= 11 is 0. The average Bonchev–Trinajstić information content (AvgIpc) is 3.03. The normalized spacial score (nSPS) is 12.7. The monoisotopic (exact) mass is 328 g/mol. The SMILES string of the molecule is CCC(=O)CC(C)(C)OC(=O)c1cncn1[C@H](C)c1ccccc1. The van der Waals surface area contributed by atoms with Crippen LogP contribution in [0.3, 0.4) is 0 Å². The Hall–Kier alpha value is -2.43. The lowest BCUT2D eigenvalue weighted by Gasteiger charge is -2.25. The van der Waals surface area contributed by atoms with Crippen LogP contribution in [0.4, 0.5) is 0 Å². The van der Waals surface area contributed by atoms with E-state index in [9.17, 15) is 9.59 Å². The smallest absolute Gasteiger partial charge is 0.357 e.